The highest BCUT2D eigenvalue weighted by atomic mass is 16.5. The molecule has 0 spiro atoms. The Balaban J connectivity index is 2.61. The highest BCUT2D eigenvalue weighted by Gasteiger charge is 2.29. The molecule has 3 amide bonds. The van der Waals surface area contributed by atoms with Crippen LogP contribution in [-0.4, -0.2) is 31.1 Å². The van der Waals surface area contributed by atoms with Gasteiger partial charge in [-0.1, -0.05) is 0 Å². The summed E-state index contributed by atoms with van der Waals surface area (Å²) in [5.41, 5.74) is 0. The first kappa shape index (κ1) is 8.51. The van der Waals surface area contributed by atoms with Gasteiger partial charge in [0.15, 0.2) is 0 Å². The van der Waals surface area contributed by atoms with Gasteiger partial charge < -0.3 is 10.1 Å². The zero-order chi connectivity index (χ0) is 9.14. The van der Waals surface area contributed by atoms with Gasteiger partial charge in [0, 0.05) is 0 Å². The third-order valence-electron chi connectivity index (χ3n) is 1.43. The van der Waals surface area contributed by atoms with E-state index in [4.69, 9.17) is 0 Å². The second-order valence-electron chi connectivity index (χ2n) is 2.30. The number of ether oxygens (including phenoxy) is 1. The topological polar surface area (TPSA) is 84.5 Å². The molecule has 0 radical (unpaired) electrons. The van der Waals surface area contributed by atoms with Crippen LogP contribution in [-0.2, 0) is 14.3 Å². The van der Waals surface area contributed by atoms with E-state index in [1.54, 1.807) is 0 Å². The van der Waals surface area contributed by atoms with Gasteiger partial charge in [-0.05, 0) is 0 Å². The number of amides is 3. The summed E-state index contributed by atoms with van der Waals surface area (Å²) in [5, 5.41) is 4.24. The van der Waals surface area contributed by atoms with Gasteiger partial charge in [-0.3, -0.25) is 10.1 Å². The van der Waals surface area contributed by atoms with Crippen LogP contribution < -0.4 is 10.6 Å². The van der Waals surface area contributed by atoms with Crippen LogP contribution in [0.5, 0.6) is 0 Å². The number of hydrogen-bond acceptors (Lipinski definition) is 4. The number of rotatable bonds is 1. The number of methoxy groups -OCH3 is 1. The van der Waals surface area contributed by atoms with Gasteiger partial charge >= 0.3 is 12.0 Å². The molecule has 1 rings (SSSR count). The highest BCUT2D eigenvalue weighted by Crippen LogP contribution is 1.99. The predicted octanol–water partition coefficient (Wildman–Crippen LogP) is -1.24. The molecular weight excluding hydrogens is 164 g/mol. The Morgan fingerprint density at radius 3 is 2.75 bits per heavy atom. The number of urea groups is 1. The van der Waals surface area contributed by atoms with E-state index in [0.29, 0.717) is 0 Å². The molecule has 0 aromatic carbocycles. The van der Waals surface area contributed by atoms with Gasteiger partial charge in [-0.25, -0.2) is 9.59 Å². The van der Waals surface area contributed by atoms with Crippen molar-refractivity contribution < 1.29 is 19.1 Å². The first-order valence-corrected chi connectivity index (χ1v) is 3.31. The fraction of sp³-hybridized carbons (Fsp3) is 0.500. The Morgan fingerprint density at radius 1 is 1.58 bits per heavy atom. The molecule has 1 heterocycles. The smallest absolute Gasteiger partial charge is 0.328 e. The molecule has 66 valence electrons. The number of nitrogens with one attached hydrogen (secondary N) is 2. The number of imide groups is 1. The summed E-state index contributed by atoms with van der Waals surface area (Å²) in [7, 11) is 1.20. The Morgan fingerprint density at radius 2 is 2.25 bits per heavy atom. The summed E-state index contributed by atoms with van der Waals surface area (Å²) in [6.45, 7) is 0. The molecule has 12 heavy (non-hydrogen) atoms. The minimum Gasteiger partial charge on any atom is -0.467 e. The fourth-order valence-electron chi connectivity index (χ4n) is 0.893. The van der Waals surface area contributed by atoms with Gasteiger partial charge in [0.2, 0.25) is 5.91 Å². The number of carbonyl (C=O) groups is 3. The lowest BCUT2D eigenvalue weighted by atomic mass is 10.2. The van der Waals surface area contributed by atoms with Crippen LogP contribution in [0.4, 0.5) is 4.79 Å². The standard InChI is InChI=1S/C6H8N2O4/c1-12-5(10)3-2-4(9)8-6(11)7-3/h3H,2H2,1H3,(H2,7,8,9,11)/t3-/m0/s1. The highest BCUT2D eigenvalue weighted by molar-refractivity contribution is 6.01. The van der Waals surface area contributed by atoms with Gasteiger partial charge in [0.25, 0.3) is 0 Å². The molecule has 2 N–H and O–H groups in total. The van der Waals surface area contributed by atoms with Gasteiger partial charge in [-0.15, -0.1) is 0 Å². The lowest BCUT2D eigenvalue weighted by Gasteiger charge is -2.20. The molecule has 0 bridgehead atoms. The Labute approximate surface area is 68.3 Å². The van der Waals surface area contributed by atoms with Gasteiger partial charge in [-0.2, -0.15) is 0 Å². The van der Waals surface area contributed by atoms with Crippen LogP contribution in [0, 0.1) is 0 Å². The predicted molar refractivity (Wildman–Crippen MR) is 37.1 cm³/mol. The maximum Gasteiger partial charge on any atom is 0.328 e. The summed E-state index contributed by atoms with van der Waals surface area (Å²) in [5.74, 6) is -1.09. The lowest BCUT2D eigenvalue weighted by molar-refractivity contribution is -0.145. The monoisotopic (exact) mass is 172 g/mol. The summed E-state index contributed by atoms with van der Waals surface area (Å²) in [6, 6.07) is -1.52. The van der Waals surface area contributed by atoms with Crippen molar-refractivity contribution in [1.29, 1.82) is 0 Å². The molecule has 0 aromatic heterocycles. The van der Waals surface area contributed by atoms with E-state index in [9.17, 15) is 14.4 Å². The molecule has 1 atom stereocenters. The lowest BCUT2D eigenvalue weighted by Crippen LogP contribution is -2.55. The third kappa shape index (κ3) is 1.71. The van der Waals surface area contributed by atoms with Gasteiger partial charge in [0.1, 0.15) is 6.04 Å². The summed E-state index contributed by atoms with van der Waals surface area (Å²) >= 11 is 0. The zero-order valence-corrected chi connectivity index (χ0v) is 6.42. The van der Waals surface area contributed by atoms with Crippen LogP contribution >= 0.6 is 0 Å². The molecule has 0 saturated carbocycles. The molecular formula is C6H8N2O4. The summed E-state index contributed by atoms with van der Waals surface area (Å²) < 4.78 is 4.35. The molecule has 0 unspecified atom stereocenters. The minimum atomic E-state index is -0.851. The molecule has 1 aliphatic rings. The van der Waals surface area contributed by atoms with Crippen molar-refractivity contribution in [1.82, 2.24) is 10.6 Å². The average molecular weight is 172 g/mol. The SMILES string of the molecule is COC(=O)[C@@H]1CC(=O)NC(=O)N1. The zero-order valence-electron chi connectivity index (χ0n) is 6.42. The van der Waals surface area contributed by atoms with Crippen molar-refractivity contribution in [2.75, 3.05) is 7.11 Å². The van der Waals surface area contributed by atoms with Crippen LogP contribution in [0.3, 0.4) is 0 Å². The van der Waals surface area contributed by atoms with Crippen molar-refractivity contribution in [3.8, 4) is 0 Å². The summed E-state index contributed by atoms with van der Waals surface area (Å²) in [4.78, 5) is 32.2. The van der Waals surface area contributed by atoms with Gasteiger partial charge in [0.05, 0.1) is 13.5 Å². The summed E-state index contributed by atoms with van der Waals surface area (Å²) in [6.07, 6.45) is -0.0710. The van der Waals surface area contributed by atoms with Crippen LogP contribution in [0.2, 0.25) is 0 Å². The van der Waals surface area contributed by atoms with Crippen LogP contribution in [0.1, 0.15) is 6.42 Å². The van der Waals surface area contributed by atoms with E-state index in [1.807, 2.05) is 5.32 Å². The molecule has 0 aliphatic carbocycles. The normalized spacial score (nSPS) is 22.6. The van der Waals surface area contributed by atoms with E-state index in [0.717, 1.165) is 0 Å². The van der Waals surface area contributed by atoms with Crippen molar-refractivity contribution in [3.63, 3.8) is 0 Å². The largest absolute Gasteiger partial charge is 0.467 e. The number of carbonyl (C=O) groups excluding carboxylic acids is 3. The average Bonchev–Trinajstić information content (AvgIpc) is 2.01. The van der Waals surface area contributed by atoms with Crippen molar-refractivity contribution in [2.45, 2.75) is 12.5 Å². The van der Waals surface area contributed by atoms with E-state index in [2.05, 4.69) is 10.1 Å². The quantitative estimate of drug-likeness (QED) is 0.484. The third-order valence-corrected chi connectivity index (χ3v) is 1.43. The first-order chi connectivity index (χ1) is 5.63. The van der Waals surface area contributed by atoms with E-state index < -0.39 is 23.9 Å². The fourth-order valence-corrected chi connectivity index (χ4v) is 0.893. The molecule has 6 nitrogen and oxygen atoms in total. The maximum absolute atomic E-state index is 10.8. The van der Waals surface area contributed by atoms with Crippen molar-refractivity contribution in [2.24, 2.45) is 0 Å². The van der Waals surface area contributed by atoms with E-state index in [-0.39, 0.29) is 6.42 Å². The molecule has 1 saturated heterocycles. The second-order valence-corrected chi connectivity index (χ2v) is 2.30. The Bertz CT molecular complexity index is 222. The Kier molecular flexibility index (Phi) is 2.27. The molecule has 0 aromatic rings. The Hall–Kier alpha value is -1.59. The molecule has 1 fully saturated rings. The minimum absolute atomic E-state index is 0.0710. The van der Waals surface area contributed by atoms with Crippen molar-refractivity contribution in [3.05, 3.63) is 0 Å². The maximum atomic E-state index is 10.8. The first-order valence-electron chi connectivity index (χ1n) is 3.31. The van der Waals surface area contributed by atoms with Crippen LogP contribution in [0.25, 0.3) is 0 Å². The molecule has 1 aliphatic heterocycles. The van der Waals surface area contributed by atoms with E-state index in [1.165, 1.54) is 7.11 Å². The molecule has 6 heteroatoms. The number of hydrogen-bond donors (Lipinski definition) is 2. The van der Waals surface area contributed by atoms with Crippen LogP contribution in [0.15, 0.2) is 0 Å². The second kappa shape index (κ2) is 3.21. The van der Waals surface area contributed by atoms with Crippen molar-refractivity contribution >= 4 is 17.9 Å². The number of esters is 1. The van der Waals surface area contributed by atoms with E-state index >= 15 is 0 Å².